The first-order valence-corrected chi connectivity index (χ1v) is 8.91. The Morgan fingerprint density at radius 1 is 1.04 bits per heavy atom. The van der Waals surface area contributed by atoms with E-state index < -0.39 is 0 Å². The van der Waals surface area contributed by atoms with Gasteiger partial charge in [0.15, 0.2) is 0 Å². The lowest BCUT2D eigenvalue weighted by Crippen LogP contribution is -2.40. The van der Waals surface area contributed by atoms with Crippen LogP contribution < -0.4 is 5.32 Å². The van der Waals surface area contributed by atoms with Crippen molar-refractivity contribution in [3.8, 4) is 0 Å². The number of aryl methyl sites for hydroxylation is 2. The zero-order valence-electron chi connectivity index (χ0n) is 14.0. The molecule has 1 saturated heterocycles. The fourth-order valence-corrected chi connectivity index (χ4v) is 5.35. The highest BCUT2D eigenvalue weighted by Gasteiger charge is 2.66. The van der Waals surface area contributed by atoms with Crippen LogP contribution in [0.1, 0.15) is 17.5 Å². The smallest absolute Gasteiger partial charge is 0.235 e. The molecule has 0 aromatic heterocycles. The fraction of sp³-hybridized carbons (Fsp3) is 0.500. The summed E-state index contributed by atoms with van der Waals surface area (Å²) in [6.45, 7) is 4.38. The molecule has 3 fully saturated rings. The fourth-order valence-electron chi connectivity index (χ4n) is 5.35. The lowest BCUT2D eigenvalue weighted by Gasteiger charge is -2.37. The zero-order valence-corrected chi connectivity index (χ0v) is 14.0. The van der Waals surface area contributed by atoms with Crippen molar-refractivity contribution in [3.05, 3.63) is 41.5 Å². The van der Waals surface area contributed by atoms with E-state index >= 15 is 0 Å². The molecule has 2 amide bonds. The molecule has 0 radical (unpaired) electrons. The van der Waals surface area contributed by atoms with Crippen LogP contribution in [0.2, 0.25) is 0 Å². The van der Waals surface area contributed by atoms with Crippen LogP contribution in [0.15, 0.2) is 30.4 Å². The molecule has 124 valence electrons. The minimum absolute atomic E-state index is 0.0342. The molecule has 1 aromatic rings. The van der Waals surface area contributed by atoms with Gasteiger partial charge in [0.2, 0.25) is 11.8 Å². The third-order valence-corrected chi connectivity index (χ3v) is 6.56. The van der Waals surface area contributed by atoms with E-state index in [1.54, 1.807) is 0 Å². The van der Waals surface area contributed by atoms with Gasteiger partial charge in [0.05, 0.1) is 18.5 Å². The van der Waals surface area contributed by atoms with Crippen LogP contribution in [-0.2, 0) is 9.59 Å². The van der Waals surface area contributed by atoms with E-state index in [-0.39, 0.29) is 30.3 Å². The number of allylic oxidation sites excluding steroid dienone is 2. The van der Waals surface area contributed by atoms with Gasteiger partial charge in [0, 0.05) is 5.69 Å². The number of nitrogens with one attached hydrogen (secondary N) is 1. The molecule has 2 saturated carbocycles. The maximum atomic E-state index is 12.9. The first-order chi connectivity index (χ1) is 11.6. The molecule has 1 N–H and O–H groups in total. The normalized spacial score (nSPS) is 38.3. The Morgan fingerprint density at radius 3 is 2.25 bits per heavy atom. The summed E-state index contributed by atoms with van der Waals surface area (Å²) in [5.74, 6) is 1.78. The average molecular weight is 322 g/mol. The average Bonchev–Trinajstić information content (AvgIpc) is 3.33. The Morgan fingerprint density at radius 2 is 1.67 bits per heavy atom. The molecule has 6 rings (SSSR count). The number of hydrogen-bond acceptors (Lipinski definition) is 3. The van der Waals surface area contributed by atoms with Crippen molar-refractivity contribution in [2.24, 2.45) is 35.5 Å². The summed E-state index contributed by atoms with van der Waals surface area (Å²) >= 11 is 0. The third-order valence-electron chi connectivity index (χ3n) is 6.56. The SMILES string of the molecule is Cc1ccc(NCN2C(=O)[C@H]3[C@@H]4C=C[C@H]([C@@H]5C[C@@H]45)[C@@H]3C2=O)c(C)c1. The summed E-state index contributed by atoms with van der Waals surface area (Å²) in [5, 5.41) is 3.29. The number of carbonyl (C=O) groups excluding carboxylic acids is 2. The maximum absolute atomic E-state index is 12.9. The van der Waals surface area contributed by atoms with Gasteiger partial charge < -0.3 is 5.32 Å². The molecule has 5 aliphatic rings. The quantitative estimate of drug-likeness (QED) is 0.688. The Labute approximate surface area is 141 Å². The monoisotopic (exact) mass is 322 g/mol. The first kappa shape index (κ1) is 14.3. The van der Waals surface area contributed by atoms with E-state index in [0.717, 1.165) is 11.3 Å². The van der Waals surface area contributed by atoms with Crippen LogP contribution in [0.4, 0.5) is 5.69 Å². The van der Waals surface area contributed by atoms with Crippen LogP contribution in [0, 0.1) is 49.4 Å². The number of carbonyl (C=O) groups is 2. The van der Waals surface area contributed by atoms with Crippen molar-refractivity contribution < 1.29 is 9.59 Å². The minimum atomic E-state index is -0.0998. The number of imide groups is 1. The number of benzene rings is 1. The van der Waals surface area contributed by atoms with E-state index in [1.165, 1.54) is 16.9 Å². The summed E-state index contributed by atoms with van der Waals surface area (Å²) in [7, 11) is 0. The summed E-state index contributed by atoms with van der Waals surface area (Å²) in [6.07, 6.45) is 5.63. The Balaban J connectivity index is 1.37. The minimum Gasteiger partial charge on any atom is -0.367 e. The second-order valence-corrected chi connectivity index (χ2v) is 7.91. The van der Waals surface area contributed by atoms with Crippen molar-refractivity contribution in [2.45, 2.75) is 20.3 Å². The second-order valence-electron chi connectivity index (χ2n) is 7.91. The number of anilines is 1. The highest BCUT2D eigenvalue weighted by Crippen LogP contribution is 2.65. The lowest BCUT2D eigenvalue weighted by molar-refractivity contribution is -0.139. The van der Waals surface area contributed by atoms with E-state index in [2.05, 4.69) is 30.5 Å². The van der Waals surface area contributed by atoms with Gasteiger partial charge >= 0.3 is 0 Å². The van der Waals surface area contributed by atoms with E-state index in [4.69, 9.17) is 0 Å². The standard InChI is InChI=1S/C20H22N2O2/c1-10-3-6-16(11(2)7-10)21-9-22-19(23)17-12-4-5-13(15-8-14(12)15)18(17)20(22)24/h3-7,12-15,17-18,21H,8-9H2,1-2H3/t12-,13-,14+,15+,17+,18+/m1/s1. The number of hydrogen-bond donors (Lipinski definition) is 1. The number of likely N-dealkylation sites (tertiary alicyclic amines) is 1. The van der Waals surface area contributed by atoms with Crippen LogP contribution >= 0.6 is 0 Å². The highest BCUT2D eigenvalue weighted by molar-refractivity contribution is 6.06. The van der Waals surface area contributed by atoms with Gasteiger partial charge in [-0.25, -0.2) is 0 Å². The van der Waals surface area contributed by atoms with Gasteiger partial charge in [0.1, 0.15) is 0 Å². The molecule has 4 nitrogen and oxygen atoms in total. The Bertz CT molecular complexity index is 748. The highest BCUT2D eigenvalue weighted by atomic mass is 16.2. The molecule has 4 aliphatic carbocycles. The van der Waals surface area contributed by atoms with Crippen molar-refractivity contribution in [3.63, 3.8) is 0 Å². The van der Waals surface area contributed by atoms with Crippen molar-refractivity contribution in [1.29, 1.82) is 0 Å². The van der Waals surface area contributed by atoms with Gasteiger partial charge in [-0.2, -0.15) is 0 Å². The third kappa shape index (κ3) is 1.80. The van der Waals surface area contributed by atoms with Crippen molar-refractivity contribution in [2.75, 3.05) is 12.0 Å². The number of amides is 2. The molecule has 0 unspecified atom stereocenters. The predicted molar refractivity (Wildman–Crippen MR) is 91.0 cm³/mol. The van der Waals surface area contributed by atoms with E-state index in [9.17, 15) is 9.59 Å². The Kier molecular flexibility index (Phi) is 2.80. The van der Waals surface area contributed by atoms with Gasteiger partial charge in [-0.3, -0.25) is 14.5 Å². The van der Waals surface area contributed by atoms with E-state index in [0.29, 0.717) is 23.7 Å². The Hall–Kier alpha value is -2.10. The van der Waals surface area contributed by atoms with Gasteiger partial charge in [-0.15, -0.1) is 0 Å². The van der Waals surface area contributed by atoms with Gasteiger partial charge in [-0.05, 0) is 55.6 Å². The maximum Gasteiger partial charge on any atom is 0.235 e. The van der Waals surface area contributed by atoms with Crippen molar-refractivity contribution in [1.82, 2.24) is 4.90 Å². The molecule has 6 atom stereocenters. The summed E-state index contributed by atoms with van der Waals surface area (Å²) < 4.78 is 0. The number of rotatable bonds is 3. The summed E-state index contributed by atoms with van der Waals surface area (Å²) in [5.41, 5.74) is 3.33. The van der Waals surface area contributed by atoms with Crippen LogP contribution in [0.5, 0.6) is 0 Å². The molecule has 1 aliphatic heterocycles. The summed E-state index contributed by atoms with van der Waals surface area (Å²) in [4.78, 5) is 27.3. The van der Waals surface area contributed by atoms with Crippen LogP contribution in [-0.4, -0.2) is 23.4 Å². The van der Waals surface area contributed by atoms with Gasteiger partial charge in [-0.1, -0.05) is 29.8 Å². The predicted octanol–water partition coefficient (Wildman–Crippen LogP) is 2.73. The first-order valence-electron chi connectivity index (χ1n) is 8.91. The molecule has 4 heteroatoms. The molecular formula is C20H22N2O2. The molecule has 0 spiro atoms. The van der Waals surface area contributed by atoms with Gasteiger partial charge in [0.25, 0.3) is 0 Å². The lowest BCUT2D eigenvalue weighted by atomic mass is 9.63. The zero-order chi connectivity index (χ0) is 16.6. The number of nitrogens with zero attached hydrogens (tertiary/aromatic N) is 1. The molecule has 1 heterocycles. The summed E-state index contributed by atoms with van der Waals surface area (Å²) in [6, 6.07) is 6.16. The second kappa shape index (κ2) is 4.71. The topological polar surface area (TPSA) is 49.4 Å². The molecule has 24 heavy (non-hydrogen) atoms. The largest absolute Gasteiger partial charge is 0.367 e. The molecule has 1 aromatic carbocycles. The van der Waals surface area contributed by atoms with Crippen LogP contribution in [0.25, 0.3) is 0 Å². The van der Waals surface area contributed by atoms with E-state index in [1.807, 2.05) is 19.1 Å². The molecule has 2 bridgehead atoms. The molecular weight excluding hydrogens is 300 g/mol. The van der Waals surface area contributed by atoms with Crippen molar-refractivity contribution >= 4 is 17.5 Å². The van der Waals surface area contributed by atoms with Crippen LogP contribution in [0.3, 0.4) is 0 Å².